The lowest BCUT2D eigenvalue weighted by molar-refractivity contribution is 0.119. The molecule has 5 heteroatoms. The maximum Gasteiger partial charge on any atom is 0.140 e. The average molecular weight is 184 g/mol. The maximum absolute atomic E-state index is 4.91. The number of ether oxygens (including phenoxy) is 1. The highest BCUT2D eigenvalue weighted by Gasteiger charge is 2.00. The highest BCUT2D eigenvalue weighted by Crippen LogP contribution is 1.93. The topological polar surface area (TPSA) is 52.0 Å². The number of nitrogens with zero attached hydrogens (tertiary/aromatic N) is 3. The van der Waals surface area contributed by atoms with Gasteiger partial charge in [-0.2, -0.15) is 0 Å². The Balaban J connectivity index is 2.39. The molecule has 0 aliphatic carbocycles. The third kappa shape index (κ3) is 3.52. The summed E-state index contributed by atoms with van der Waals surface area (Å²) in [6.07, 6.45) is 1.87. The van der Waals surface area contributed by atoms with Gasteiger partial charge in [0.05, 0.1) is 11.9 Å². The Bertz CT molecular complexity index is 246. The van der Waals surface area contributed by atoms with Crippen LogP contribution in [-0.2, 0) is 18.0 Å². The second-order valence-corrected chi connectivity index (χ2v) is 3.20. The van der Waals surface area contributed by atoms with Gasteiger partial charge in [-0.3, -0.25) is 0 Å². The Morgan fingerprint density at radius 1 is 1.62 bits per heavy atom. The van der Waals surface area contributed by atoms with Gasteiger partial charge in [0.25, 0.3) is 0 Å². The normalized spacial score (nSPS) is 11.1. The summed E-state index contributed by atoms with van der Waals surface area (Å²) in [4.78, 5) is 0. The first-order valence-electron chi connectivity index (χ1n) is 4.33. The van der Waals surface area contributed by atoms with Crippen LogP contribution in [0.5, 0.6) is 0 Å². The molecule has 0 aromatic carbocycles. The van der Waals surface area contributed by atoms with Gasteiger partial charge in [-0.05, 0) is 0 Å². The SMILES string of the molecule is COCn1cc(CNC(C)C)nn1. The lowest BCUT2D eigenvalue weighted by atomic mass is 10.3. The molecule has 0 spiro atoms. The van der Waals surface area contributed by atoms with Crippen molar-refractivity contribution in [2.75, 3.05) is 7.11 Å². The van der Waals surface area contributed by atoms with E-state index in [-0.39, 0.29) is 0 Å². The molecular weight excluding hydrogens is 168 g/mol. The Labute approximate surface area is 78.1 Å². The fourth-order valence-electron chi connectivity index (χ4n) is 0.924. The smallest absolute Gasteiger partial charge is 0.140 e. The Kier molecular flexibility index (Phi) is 3.85. The molecule has 0 amide bonds. The second kappa shape index (κ2) is 4.94. The number of rotatable bonds is 5. The van der Waals surface area contributed by atoms with Crippen LogP contribution >= 0.6 is 0 Å². The van der Waals surface area contributed by atoms with E-state index in [1.807, 2.05) is 6.20 Å². The lowest BCUT2D eigenvalue weighted by Crippen LogP contribution is -2.21. The van der Waals surface area contributed by atoms with E-state index < -0.39 is 0 Å². The van der Waals surface area contributed by atoms with Gasteiger partial charge in [0.2, 0.25) is 0 Å². The van der Waals surface area contributed by atoms with E-state index >= 15 is 0 Å². The molecule has 1 heterocycles. The quantitative estimate of drug-likeness (QED) is 0.718. The highest BCUT2D eigenvalue weighted by molar-refractivity contribution is 4.91. The lowest BCUT2D eigenvalue weighted by Gasteiger charge is -2.03. The molecule has 1 N–H and O–H groups in total. The summed E-state index contributed by atoms with van der Waals surface area (Å²) in [6, 6.07) is 0.465. The molecule has 1 rings (SSSR count). The molecule has 74 valence electrons. The molecule has 0 saturated heterocycles. The molecule has 0 saturated carbocycles. The monoisotopic (exact) mass is 184 g/mol. The zero-order chi connectivity index (χ0) is 9.68. The Morgan fingerprint density at radius 2 is 2.38 bits per heavy atom. The van der Waals surface area contributed by atoms with Gasteiger partial charge < -0.3 is 10.1 Å². The summed E-state index contributed by atoms with van der Waals surface area (Å²) in [7, 11) is 1.63. The second-order valence-electron chi connectivity index (χ2n) is 3.20. The van der Waals surface area contributed by atoms with Crippen LogP contribution < -0.4 is 5.32 Å². The van der Waals surface area contributed by atoms with Crippen molar-refractivity contribution in [2.45, 2.75) is 33.2 Å². The zero-order valence-electron chi connectivity index (χ0n) is 8.32. The van der Waals surface area contributed by atoms with Gasteiger partial charge in [0.15, 0.2) is 0 Å². The minimum atomic E-state index is 0.453. The molecule has 13 heavy (non-hydrogen) atoms. The van der Waals surface area contributed by atoms with Crippen LogP contribution in [0.25, 0.3) is 0 Å². The minimum Gasteiger partial charge on any atom is -0.362 e. The van der Waals surface area contributed by atoms with Crippen molar-refractivity contribution < 1.29 is 4.74 Å². The summed E-state index contributed by atoms with van der Waals surface area (Å²) in [5, 5.41) is 11.1. The number of nitrogens with one attached hydrogen (secondary N) is 1. The fraction of sp³-hybridized carbons (Fsp3) is 0.750. The first-order chi connectivity index (χ1) is 6.22. The van der Waals surface area contributed by atoms with E-state index in [4.69, 9.17) is 4.74 Å². The van der Waals surface area contributed by atoms with Gasteiger partial charge in [0.1, 0.15) is 6.73 Å². The maximum atomic E-state index is 4.91. The first kappa shape index (κ1) is 10.1. The van der Waals surface area contributed by atoms with Crippen LogP contribution in [0.4, 0.5) is 0 Å². The third-order valence-electron chi connectivity index (χ3n) is 1.54. The number of hydrogen-bond acceptors (Lipinski definition) is 4. The molecule has 1 aromatic rings. The molecule has 0 bridgehead atoms. The standard InChI is InChI=1S/C8H16N4O/c1-7(2)9-4-8-5-12(6-13-3)11-10-8/h5,7,9H,4,6H2,1-3H3. The number of aromatic nitrogens is 3. The minimum absolute atomic E-state index is 0.453. The van der Waals surface area contributed by atoms with Crippen molar-refractivity contribution in [3.8, 4) is 0 Å². The predicted octanol–water partition coefficient (Wildman–Crippen LogP) is 0.380. The Morgan fingerprint density at radius 3 is 3.00 bits per heavy atom. The summed E-state index contributed by atoms with van der Waals surface area (Å²) in [5.41, 5.74) is 0.936. The van der Waals surface area contributed by atoms with E-state index in [0.29, 0.717) is 12.8 Å². The van der Waals surface area contributed by atoms with E-state index in [0.717, 1.165) is 12.2 Å². The average Bonchev–Trinajstić information content (AvgIpc) is 2.50. The van der Waals surface area contributed by atoms with E-state index in [1.54, 1.807) is 11.8 Å². The summed E-state index contributed by atoms with van der Waals surface area (Å²) in [6.45, 7) is 5.40. The zero-order valence-corrected chi connectivity index (χ0v) is 8.32. The molecule has 0 aliphatic rings. The molecule has 0 radical (unpaired) electrons. The summed E-state index contributed by atoms with van der Waals surface area (Å²) >= 11 is 0. The fourth-order valence-corrected chi connectivity index (χ4v) is 0.924. The van der Waals surface area contributed by atoms with Crippen LogP contribution in [-0.4, -0.2) is 28.1 Å². The van der Waals surface area contributed by atoms with Crippen molar-refractivity contribution in [1.82, 2.24) is 20.3 Å². The molecule has 0 aliphatic heterocycles. The van der Waals surface area contributed by atoms with Crippen molar-refractivity contribution >= 4 is 0 Å². The first-order valence-corrected chi connectivity index (χ1v) is 4.33. The van der Waals surface area contributed by atoms with Crippen LogP contribution in [0.2, 0.25) is 0 Å². The van der Waals surface area contributed by atoms with Crippen molar-refractivity contribution in [3.63, 3.8) is 0 Å². The van der Waals surface area contributed by atoms with Crippen molar-refractivity contribution in [2.24, 2.45) is 0 Å². The van der Waals surface area contributed by atoms with Crippen molar-refractivity contribution in [3.05, 3.63) is 11.9 Å². The highest BCUT2D eigenvalue weighted by atomic mass is 16.5. The van der Waals surface area contributed by atoms with Crippen LogP contribution in [0.3, 0.4) is 0 Å². The van der Waals surface area contributed by atoms with Crippen LogP contribution in [0.1, 0.15) is 19.5 Å². The molecule has 5 nitrogen and oxygen atoms in total. The van der Waals surface area contributed by atoms with Crippen LogP contribution in [0.15, 0.2) is 6.20 Å². The number of hydrogen-bond donors (Lipinski definition) is 1. The summed E-state index contributed by atoms with van der Waals surface area (Å²) in [5.74, 6) is 0. The molecule has 0 unspecified atom stereocenters. The molecule has 0 atom stereocenters. The number of methoxy groups -OCH3 is 1. The predicted molar refractivity (Wildman–Crippen MR) is 49.0 cm³/mol. The Hall–Kier alpha value is -0.940. The van der Waals surface area contributed by atoms with E-state index in [2.05, 4.69) is 29.5 Å². The van der Waals surface area contributed by atoms with Gasteiger partial charge in [0, 0.05) is 19.7 Å². The van der Waals surface area contributed by atoms with E-state index in [9.17, 15) is 0 Å². The molecule has 0 fully saturated rings. The molecule has 1 aromatic heterocycles. The summed E-state index contributed by atoms with van der Waals surface area (Å²) < 4.78 is 6.57. The van der Waals surface area contributed by atoms with Crippen molar-refractivity contribution in [1.29, 1.82) is 0 Å². The third-order valence-corrected chi connectivity index (χ3v) is 1.54. The van der Waals surface area contributed by atoms with Gasteiger partial charge in [-0.1, -0.05) is 19.1 Å². The van der Waals surface area contributed by atoms with E-state index in [1.165, 1.54) is 0 Å². The van der Waals surface area contributed by atoms with Gasteiger partial charge >= 0.3 is 0 Å². The largest absolute Gasteiger partial charge is 0.362 e. The van der Waals surface area contributed by atoms with Gasteiger partial charge in [-0.15, -0.1) is 5.10 Å². The molecular formula is C8H16N4O. The van der Waals surface area contributed by atoms with Crippen LogP contribution in [0, 0.1) is 0 Å². The van der Waals surface area contributed by atoms with Gasteiger partial charge in [-0.25, -0.2) is 4.68 Å².